The molecule has 0 bridgehead atoms. The third-order valence-corrected chi connectivity index (χ3v) is 4.61. The molecule has 0 amide bonds. The molecule has 0 aliphatic carbocycles. The number of nitrogens with two attached hydrogens (primary N) is 1. The van der Waals surface area contributed by atoms with E-state index in [-0.39, 0.29) is 11.5 Å². The van der Waals surface area contributed by atoms with E-state index in [0.717, 1.165) is 16.7 Å². The molecular formula is C22H16N2O3. The molecule has 0 fully saturated rings. The lowest BCUT2D eigenvalue weighted by molar-refractivity contribution is 0.371. The van der Waals surface area contributed by atoms with E-state index in [9.17, 15) is 10.1 Å². The van der Waals surface area contributed by atoms with Crippen molar-refractivity contribution >= 4 is 0 Å². The summed E-state index contributed by atoms with van der Waals surface area (Å²) in [5.74, 6) is 0.134. The van der Waals surface area contributed by atoms with Gasteiger partial charge in [0.25, 0.3) is 0 Å². The van der Waals surface area contributed by atoms with Crippen LogP contribution < -0.4 is 16.1 Å². The Morgan fingerprint density at radius 1 is 1.04 bits per heavy atom. The van der Waals surface area contributed by atoms with Crippen molar-refractivity contribution in [1.82, 2.24) is 0 Å². The third kappa shape index (κ3) is 2.87. The van der Waals surface area contributed by atoms with E-state index in [0.29, 0.717) is 17.1 Å². The zero-order chi connectivity index (χ0) is 19.0. The van der Waals surface area contributed by atoms with E-state index < -0.39 is 11.5 Å². The molecular weight excluding hydrogens is 340 g/mol. The molecule has 1 aliphatic heterocycles. The smallest absolute Gasteiger partial charge is 0.343 e. The Morgan fingerprint density at radius 3 is 2.37 bits per heavy atom. The molecule has 2 aromatic carbocycles. The molecule has 132 valence electrons. The lowest BCUT2D eigenvalue weighted by Gasteiger charge is -2.25. The van der Waals surface area contributed by atoms with Crippen molar-refractivity contribution in [2.75, 3.05) is 0 Å². The van der Waals surface area contributed by atoms with E-state index in [1.165, 1.54) is 0 Å². The molecule has 3 aromatic rings. The van der Waals surface area contributed by atoms with Crippen molar-refractivity contribution in [1.29, 1.82) is 5.26 Å². The van der Waals surface area contributed by atoms with Gasteiger partial charge in [-0.1, -0.05) is 54.6 Å². The van der Waals surface area contributed by atoms with Gasteiger partial charge in [0.2, 0.25) is 5.88 Å². The Balaban J connectivity index is 1.85. The molecule has 0 saturated carbocycles. The number of hydrogen-bond acceptors (Lipinski definition) is 5. The van der Waals surface area contributed by atoms with Crippen molar-refractivity contribution in [2.45, 2.75) is 12.8 Å². The number of aryl methyl sites for hydroxylation is 1. The molecule has 0 saturated heterocycles. The second-order valence-corrected chi connectivity index (χ2v) is 6.34. The summed E-state index contributed by atoms with van der Waals surface area (Å²) in [6.45, 7) is 1.66. The van der Waals surface area contributed by atoms with Crippen LogP contribution in [0.15, 0.2) is 81.3 Å². The number of nitrogens with zero attached hydrogens (tertiary/aromatic N) is 1. The SMILES string of the molecule is Cc1cc2c(c(=O)o1)[C@@H](c1ccc(-c3ccccc3)cc1)C(C#N)=C(N)O2. The van der Waals surface area contributed by atoms with Gasteiger partial charge < -0.3 is 14.9 Å². The van der Waals surface area contributed by atoms with Crippen molar-refractivity contribution in [3.05, 3.63) is 99.4 Å². The second kappa shape index (κ2) is 6.50. The lowest BCUT2D eigenvalue weighted by atomic mass is 9.84. The summed E-state index contributed by atoms with van der Waals surface area (Å²) in [5, 5.41) is 9.60. The molecule has 1 aromatic heterocycles. The average Bonchev–Trinajstić information content (AvgIpc) is 2.67. The summed E-state index contributed by atoms with van der Waals surface area (Å²) in [6.07, 6.45) is 0. The molecule has 5 nitrogen and oxygen atoms in total. The van der Waals surface area contributed by atoms with Crippen LogP contribution in [0.2, 0.25) is 0 Å². The standard InChI is InChI=1S/C22H16N2O3/c1-13-11-18-20(22(25)26-13)19(17(12-23)21(24)27-18)16-9-7-15(8-10-16)14-5-3-2-4-6-14/h2-11,19H,24H2,1H3/t19-/m0/s1. The van der Waals surface area contributed by atoms with Gasteiger partial charge >= 0.3 is 5.63 Å². The Kier molecular flexibility index (Phi) is 4.02. The van der Waals surface area contributed by atoms with Crippen molar-refractivity contribution in [3.8, 4) is 22.9 Å². The minimum atomic E-state index is -0.625. The van der Waals surface area contributed by atoms with Crippen LogP contribution in [-0.2, 0) is 0 Å². The number of fused-ring (bicyclic) bond motifs is 1. The van der Waals surface area contributed by atoms with Crippen LogP contribution in [0.4, 0.5) is 0 Å². The predicted octanol–water partition coefficient (Wildman–Crippen LogP) is 3.83. The summed E-state index contributed by atoms with van der Waals surface area (Å²) in [7, 11) is 0. The Morgan fingerprint density at radius 2 is 1.70 bits per heavy atom. The molecule has 4 rings (SSSR count). The maximum Gasteiger partial charge on any atom is 0.343 e. The van der Waals surface area contributed by atoms with E-state index >= 15 is 0 Å². The summed E-state index contributed by atoms with van der Waals surface area (Å²) in [5.41, 5.74) is 8.82. The van der Waals surface area contributed by atoms with Crippen LogP contribution >= 0.6 is 0 Å². The topological polar surface area (TPSA) is 89.2 Å². The highest BCUT2D eigenvalue weighted by molar-refractivity contribution is 5.64. The molecule has 2 heterocycles. The summed E-state index contributed by atoms with van der Waals surface area (Å²) < 4.78 is 10.8. The fourth-order valence-electron chi connectivity index (χ4n) is 3.35. The van der Waals surface area contributed by atoms with Gasteiger partial charge in [0.1, 0.15) is 23.2 Å². The highest BCUT2D eigenvalue weighted by Crippen LogP contribution is 2.40. The summed E-state index contributed by atoms with van der Waals surface area (Å²) >= 11 is 0. The number of nitriles is 1. The van der Waals surface area contributed by atoms with E-state index in [4.69, 9.17) is 14.9 Å². The van der Waals surface area contributed by atoms with E-state index in [2.05, 4.69) is 6.07 Å². The highest BCUT2D eigenvalue weighted by Gasteiger charge is 2.34. The number of rotatable bonds is 2. The predicted molar refractivity (Wildman–Crippen MR) is 101 cm³/mol. The Labute approximate surface area is 155 Å². The van der Waals surface area contributed by atoms with Crippen LogP contribution in [0.25, 0.3) is 11.1 Å². The number of hydrogen-bond donors (Lipinski definition) is 1. The maximum absolute atomic E-state index is 12.5. The number of ether oxygens (including phenoxy) is 1. The lowest BCUT2D eigenvalue weighted by Crippen LogP contribution is -2.26. The van der Waals surface area contributed by atoms with Crippen molar-refractivity contribution in [2.24, 2.45) is 5.73 Å². The van der Waals surface area contributed by atoms with Gasteiger partial charge in [0, 0.05) is 6.07 Å². The van der Waals surface area contributed by atoms with E-state index in [1.807, 2.05) is 54.6 Å². The van der Waals surface area contributed by atoms with Crippen LogP contribution in [0, 0.1) is 18.3 Å². The van der Waals surface area contributed by atoms with Gasteiger partial charge in [-0.15, -0.1) is 0 Å². The average molecular weight is 356 g/mol. The molecule has 0 spiro atoms. The first kappa shape index (κ1) is 16.7. The third-order valence-electron chi connectivity index (χ3n) is 4.61. The van der Waals surface area contributed by atoms with Gasteiger partial charge in [0.15, 0.2) is 0 Å². The summed E-state index contributed by atoms with van der Waals surface area (Å²) in [4.78, 5) is 12.5. The van der Waals surface area contributed by atoms with Crippen LogP contribution in [0.1, 0.15) is 22.8 Å². The zero-order valence-corrected chi connectivity index (χ0v) is 14.6. The van der Waals surface area contributed by atoms with E-state index in [1.54, 1.807) is 13.0 Å². The number of benzene rings is 2. The minimum absolute atomic E-state index is 0.00661. The normalized spacial score (nSPS) is 15.6. The second-order valence-electron chi connectivity index (χ2n) is 6.34. The first-order valence-electron chi connectivity index (χ1n) is 8.46. The van der Waals surface area contributed by atoms with Crippen molar-refractivity contribution < 1.29 is 9.15 Å². The Hall–Kier alpha value is -3.78. The van der Waals surface area contributed by atoms with Gasteiger partial charge in [-0.3, -0.25) is 0 Å². The fourth-order valence-corrected chi connectivity index (χ4v) is 3.35. The molecule has 27 heavy (non-hydrogen) atoms. The monoisotopic (exact) mass is 356 g/mol. The summed E-state index contributed by atoms with van der Waals surface area (Å²) in [6, 6.07) is 21.4. The molecule has 5 heteroatoms. The largest absolute Gasteiger partial charge is 0.440 e. The molecule has 2 N–H and O–H groups in total. The van der Waals surface area contributed by atoms with Gasteiger partial charge in [0.05, 0.1) is 11.5 Å². The quantitative estimate of drug-likeness (QED) is 0.754. The van der Waals surface area contributed by atoms with Gasteiger partial charge in [-0.2, -0.15) is 5.26 Å². The van der Waals surface area contributed by atoms with Crippen LogP contribution in [-0.4, -0.2) is 0 Å². The minimum Gasteiger partial charge on any atom is -0.440 e. The van der Waals surface area contributed by atoms with Crippen LogP contribution in [0.3, 0.4) is 0 Å². The highest BCUT2D eigenvalue weighted by atomic mass is 16.5. The first-order chi connectivity index (χ1) is 13.1. The maximum atomic E-state index is 12.5. The molecule has 0 radical (unpaired) electrons. The fraction of sp³-hybridized carbons (Fsp3) is 0.0909. The Bertz CT molecular complexity index is 1140. The first-order valence-corrected chi connectivity index (χ1v) is 8.46. The van der Waals surface area contributed by atoms with Gasteiger partial charge in [-0.05, 0) is 23.6 Å². The molecule has 0 unspecified atom stereocenters. The zero-order valence-electron chi connectivity index (χ0n) is 14.6. The van der Waals surface area contributed by atoms with Crippen molar-refractivity contribution in [3.63, 3.8) is 0 Å². The van der Waals surface area contributed by atoms with Crippen LogP contribution in [0.5, 0.6) is 5.75 Å². The molecule has 1 aliphatic rings. The van der Waals surface area contributed by atoms with Gasteiger partial charge in [-0.25, -0.2) is 4.79 Å². The number of allylic oxidation sites excluding steroid dienone is 1. The molecule has 1 atom stereocenters.